The van der Waals surface area contributed by atoms with Gasteiger partial charge in [0.2, 0.25) is 10.0 Å². The van der Waals surface area contributed by atoms with E-state index in [2.05, 4.69) is 0 Å². The van der Waals surface area contributed by atoms with Crippen LogP contribution in [0.1, 0.15) is 24.0 Å². The third-order valence-corrected chi connectivity index (χ3v) is 4.91. The van der Waals surface area contributed by atoms with Gasteiger partial charge in [-0.05, 0) is 43.5 Å². The van der Waals surface area contributed by atoms with E-state index in [-0.39, 0.29) is 28.9 Å². The van der Waals surface area contributed by atoms with Crippen LogP contribution in [0.4, 0.5) is 13.2 Å². The summed E-state index contributed by atoms with van der Waals surface area (Å²) >= 11 is 0. The van der Waals surface area contributed by atoms with E-state index in [1.54, 1.807) is 4.72 Å². The lowest BCUT2D eigenvalue weighted by Crippen LogP contribution is -2.47. The largest absolute Gasteiger partial charge is 0.407 e. The highest BCUT2D eigenvalue weighted by molar-refractivity contribution is 7.89. The number of aryl methyl sites for hydroxylation is 1. The molecule has 0 radical (unpaired) electrons. The number of sulfonamides is 1. The Labute approximate surface area is 114 Å². The second-order valence-corrected chi connectivity index (χ2v) is 6.43. The number of rotatable bonds is 3. The van der Waals surface area contributed by atoms with Crippen LogP contribution < -0.4 is 4.72 Å². The molecule has 0 heterocycles. The Morgan fingerprint density at radius 3 is 2.35 bits per heavy atom. The predicted molar refractivity (Wildman–Crippen MR) is 64.2 cm³/mol. The van der Waals surface area contributed by atoms with Crippen molar-refractivity contribution in [1.82, 2.24) is 4.72 Å². The number of nitriles is 1. The van der Waals surface area contributed by atoms with E-state index in [1.807, 2.05) is 6.07 Å². The van der Waals surface area contributed by atoms with Crippen molar-refractivity contribution in [3.63, 3.8) is 0 Å². The molecule has 0 atom stereocenters. The summed E-state index contributed by atoms with van der Waals surface area (Å²) in [6.45, 7) is 1.43. The van der Waals surface area contributed by atoms with E-state index < -0.39 is 21.7 Å². The number of nitrogens with zero attached hydrogens (tertiary/aromatic N) is 1. The molecule has 4 nitrogen and oxygen atoms in total. The Kier molecular flexibility index (Phi) is 3.31. The van der Waals surface area contributed by atoms with Gasteiger partial charge in [0.05, 0.1) is 16.5 Å². The molecular weight excluding hydrogens is 293 g/mol. The first kappa shape index (κ1) is 14.8. The Balaban J connectivity index is 2.36. The summed E-state index contributed by atoms with van der Waals surface area (Å²) in [5.74, 6) is 0. The summed E-state index contributed by atoms with van der Waals surface area (Å²) in [5.41, 5.74) is -1.86. The lowest BCUT2D eigenvalue weighted by molar-refractivity contribution is -0.160. The van der Waals surface area contributed by atoms with Gasteiger partial charge < -0.3 is 0 Å². The van der Waals surface area contributed by atoms with Crippen molar-refractivity contribution in [1.29, 1.82) is 5.26 Å². The molecule has 1 aliphatic rings. The van der Waals surface area contributed by atoms with Gasteiger partial charge in [0, 0.05) is 0 Å². The average Bonchev–Trinajstić information content (AvgIpc) is 3.08. The highest BCUT2D eigenvalue weighted by atomic mass is 32.2. The molecule has 0 aromatic heterocycles. The highest BCUT2D eigenvalue weighted by Crippen LogP contribution is 2.49. The van der Waals surface area contributed by atoms with Gasteiger partial charge in [-0.15, -0.1) is 0 Å². The normalized spacial score (nSPS) is 17.6. The maximum Gasteiger partial charge on any atom is 0.407 e. The lowest BCUT2D eigenvalue weighted by atomic mass is 10.2. The van der Waals surface area contributed by atoms with Gasteiger partial charge in [-0.3, -0.25) is 0 Å². The monoisotopic (exact) mass is 304 g/mol. The van der Waals surface area contributed by atoms with Crippen LogP contribution >= 0.6 is 0 Å². The Morgan fingerprint density at radius 2 is 1.95 bits per heavy atom. The van der Waals surface area contributed by atoms with Crippen LogP contribution in [0.15, 0.2) is 23.1 Å². The fourth-order valence-corrected chi connectivity index (χ4v) is 3.58. The topological polar surface area (TPSA) is 70.0 Å². The van der Waals surface area contributed by atoms with E-state index >= 15 is 0 Å². The number of benzene rings is 1. The molecule has 1 N–H and O–H groups in total. The molecule has 2 rings (SSSR count). The van der Waals surface area contributed by atoms with Crippen LogP contribution in [0.2, 0.25) is 0 Å². The summed E-state index contributed by atoms with van der Waals surface area (Å²) in [4.78, 5) is -0.243. The van der Waals surface area contributed by atoms with Crippen molar-refractivity contribution >= 4 is 10.0 Å². The minimum absolute atomic E-state index is 0.231. The van der Waals surface area contributed by atoms with E-state index in [9.17, 15) is 21.6 Å². The molecule has 1 fully saturated rings. The zero-order valence-corrected chi connectivity index (χ0v) is 11.3. The minimum atomic E-state index is -4.61. The smallest absolute Gasteiger partial charge is 0.207 e. The van der Waals surface area contributed by atoms with E-state index in [4.69, 9.17) is 5.26 Å². The maximum absolute atomic E-state index is 12.8. The van der Waals surface area contributed by atoms with Crippen molar-refractivity contribution in [2.24, 2.45) is 0 Å². The first-order valence-electron chi connectivity index (χ1n) is 5.73. The zero-order chi connectivity index (χ0) is 15.2. The number of alkyl halides is 3. The lowest BCUT2D eigenvalue weighted by Gasteiger charge is -2.21. The number of hydrogen-bond acceptors (Lipinski definition) is 3. The molecule has 108 valence electrons. The van der Waals surface area contributed by atoms with E-state index in [0.29, 0.717) is 0 Å². The summed E-state index contributed by atoms with van der Waals surface area (Å²) in [6.07, 6.45) is -5.13. The molecule has 8 heteroatoms. The van der Waals surface area contributed by atoms with Gasteiger partial charge in [-0.1, -0.05) is 0 Å². The summed E-state index contributed by atoms with van der Waals surface area (Å²) in [6, 6.07) is 5.56. The summed E-state index contributed by atoms with van der Waals surface area (Å²) in [7, 11) is -4.27. The van der Waals surface area contributed by atoms with Crippen LogP contribution in [0.25, 0.3) is 0 Å². The van der Waals surface area contributed by atoms with Crippen molar-refractivity contribution in [3.05, 3.63) is 29.3 Å². The van der Waals surface area contributed by atoms with Crippen molar-refractivity contribution < 1.29 is 21.6 Å². The SMILES string of the molecule is Cc1cc(C#N)ccc1S(=O)(=O)NC1(C(F)(F)F)CC1. The molecule has 0 unspecified atom stereocenters. The van der Waals surface area contributed by atoms with Crippen LogP contribution in [0.3, 0.4) is 0 Å². The van der Waals surface area contributed by atoms with Crippen LogP contribution in [0.5, 0.6) is 0 Å². The molecule has 1 aromatic carbocycles. The van der Waals surface area contributed by atoms with Crippen LogP contribution in [0, 0.1) is 18.3 Å². The molecule has 1 aromatic rings. The first-order chi connectivity index (χ1) is 9.11. The molecule has 0 spiro atoms. The second-order valence-electron chi connectivity index (χ2n) is 4.78. The standard InChI is InChI=1S/C12H11F3N2O2S/c1-8-6-9(7-16)2-3-10(8)20(18,19)17-11(4-5-11)12(13,14)15/h2-3,6,17H,4-5H2,1H3. The first-order valence-corrected chi connectivity index (χ1v) is 7.21. The molecule has 0 amide bonds. The van der Waals surface area contributed by atoms with Crippen molar-refractivity contribution in [2.75, 3.05) is 0 Å². The van der Waals surface area contributed by atoms with Crippen LogP contribution in [-0.2, 0) is 10.0 Å². The molecule has 20 heavy (non-hydrogen) atoms. The van der Waals surface area contributed by atoms with Gasteiger partial charge >= 0.3 is 6.18 Å². The van der Waals surface area contributed by atoms with Gasteiger partial charge in [-0.2, -0.15) is 23.2 Å². The molecule has 1 saturated carbocycles. The second kappa shape index (κ2) is 4.46. The quantitative estimate of drug-likeness (QED) is 0.931. The maximum atomic E-state index is 12.8. The fourth-order valence-electron chi connectivity index (χ4n) is 1.90. The molecule has 0 saturated heterocycles. The Morgan fingerprint density at radius 1 is 1.35 bits per heavy atom. The fraction of sp³-hybridized carbons (Fsp3) is 0.417. The zero-order valence-electron chi connectivity index (χ0n) is 10.5. The molecule has 1 aliphatic carbocycles. The summed E-state index contributed by atoms with van der Waals surface area (Å²) in [5, 5.41) is 8.70. The number of hydrogen-bond donors (Lipinski definition) is 1. The Bertz CT molecular complexity index is 686. The highest BCUT2D eigenvalue weighted by Gasteiger charge is 2.65. The third kappa shape index (κ3) is 2.51. The third-order valence-electron chi connectivity index (χ3n) is 3.22. The van der Waals surface area contributed by atoms with Gasteiger partial charge in [0.1, 0.15) is 5.54 Å². The minimum Gasteiger partial charge on any atom is -0.207 e. The number of halogens is 3. The molecular formula is C12H11F3N2O2S. The Hall–Kier alpha value is -1.59. The molecule has 0 aliphatic heterocycles. The predicted octanol–water partition coefficient (Wildman–Crippen LogP) is 2.24. The average molecular weight is 304 g/mol. The van der Waals surface area contributed by atoms with Crippen LogP contribution in [-0.4, -0.2) is 20.1 Å². The number of nitrogens with one attached hydrogen (secondary N) is 1. The van der Waals surface area contributed by atoms with E-state index in [0.717, 1.165) is 6.07 Å². The van der Waals surface area contributed by atoms with Gasteiger partial charge in [0.25, 0.3) is 0 Å². The van der Waals surface area contributed by atoms with Crippen molar-refractivity contribution in [3.8, 4) is 6.07 Å². The van der Waals surface area contributed by atoms with Gasteiger partial charge in [0.15, 0.2) is 0 Å². The van der Waals surface area contributed by atoms with Gasteiger partial charge in [-0.25, -0.2) is 8.42 Å². The van der Waals surface area contributed by atoms with Crippen molar-refractivity contribution in [2.45, 2.75) is 36.4 Å². The summed E-state index contributed by atoms with van der Waals surface area (Å²) < 4.78 is 64.2. The molecule has 0 bridgehead atoms. The van der Waals surface area contributed by atoms with E-state index in [1.165, 1.54) is 19.1 Å².